The second-order valence-corrected chi connectivity index (χ2v) is 19.7. The third-order valence-corrected chi connectivity index (χ3v) is 15.5. The smallest absolute Gasteiger partial charge is 0.160 e. The van der Waals surface area contributed by atoms with E-state index in [2.05, 4.69) is 279 Å². The van der Waals surface area contributed by atoms with Crippen molar-refractivity contribution < 1.29 is 0 Å². The molecule has 0 saturated heterocycles. The van der Waals surface area contributed by atoms with Crippen molar-refractivity contribution in [3.63, 3.8) is 0 Å². The highest BCUT2D eigenvalue weighted by Crippen LogP contribution is 2.48. The van der Waals surface area contributed by atoms with Crippen molar-refractivity contribution in [2.24, 2.45) is 0 Å². The van der Waals surface area contributed by atoms with Crippen LogP contribution < -0.4 is 0 Å². The van der Waals surface area contributed by atoms with E-state index < -0.39 is 0 Å². The zero-order chi connectivity index (χ0) is 49.8. The van der Waals surface area contributed by atoms with Crippen LogP contribution in [0.2, 0.25) is 0 Å². The van der Waals surface area contributed by atoms with E-state index in [1.54, 1.807) is 0 Å². The predicted octanol–water partition coefficient (Wildman–Crippen LogP) is 17.9. The molecule has 0 amide bonds. The van der Waals surface area contributed by atoms with Gasteiger partial charge in [-0.3, -0.25) is 0 Å². The van der Waals surface area contributed by atoms with Crippen LogP contribution in [-0.4, -0.2) is 28.2 Å². The van der Waals surface area contributed by atoms with Gasteiger partial charge in [-0.25, -0.2) is 9.97 Å². The number of nitrogens with zero attached hydrogens (tertiary/aromatic N) is 6. The van der Waals surface area contributed by atoms with Gasteiger partial charge in [0.05, 0.1) is 55.5 Å². The molecule has 0 N–H and O–H groups in total. The second-order valence-electron chi connectivity index (χ2n) is 19.7. The summed E-state index contributed by atoms with van der Waals surface area (Å²) in [5, 5.41) is 9.46. The molecule has 0 aliphatic heterocycles. The van der Waals surface area contributed by atoms with Crippen molar-refractivity contribution in [3.05, 3.63) is 267 Å². The SMILES string of the molecule is c1ccc(-c2cc(-c3cc4c(c5ccccc5n4-c4ccc5c(c4)c4c(ccc6c7ccccc7n(-c7ccccc7)c64)n5-c4ccccc4)c4c3c3ccccc3n4-c3ccccc3)nc(-c3ccccc3)n2)cc1. The number of fused-ring (bicyclic) bond motifs is 14. The lowest BCUT2D eigenvalue weighted by molar-refractivity contribution is 1.16. The molecule has 0 bridgehead atoms. The van der Waals surface area contributed by atoms with Gasteiger partial charge in [-0.2, -0.15) is 0 Å². The quantitative estimate of drug-likeness (QED) is 0.160. The number of aromatic nitrogens is 6. The van der Waals surface area contributed by atoms with Crippen molar-refractivity contribution in [3.8, 4) is 56.7 Å². The molecular weight excluding hydrogens is 925 g/mol. The monoisotopic (exact) mass is 968 g/mol. The summed E-state index contributed by atoms with van der Waals surface area (Å²) in [6.07, 6.45) is 0. The van der Waals surface area contributed by atoms with Gasteiger partial charge in [-0.1, -0.05) is 176 Å². The molecule has 11 aromatic carbocycles. The molecule has 0 unspecified atom stereocenters. The Labute approximate surface area is 436 Å². The maximum Gasteiger partial charge on any atom is 0.160 e. The highest BCUT2D eigenvalue weighted by Gasteiger charge is 2.27. The average molecular weight is 969 g/mol. The van der Waals surface area contributed by atoms with Gasteiger partial charge in [0.2, 0.25) is 0 Å². The molecule has 0 atom stereocenters. The molecule has 16 rings (SSSR count). The summed E-state index contributed by atoms with van der Waals surface area (Å²) in [4.78, 5) is 10.8. The molecule has 0 spiro atoms. The number of para-hydroxylation sites is 6. The van der Waals surface area contributed by atoms with Crippen LogP contribution in [0.1, 0.15) is 0 Å². The highest BCUT2D eigenvalue weighted by atomic mass is 15.0. The van der Waals surface area contributed by atoms with E-state index in [0.717, 1.165) is 94.7 Å². The Hall–Kier alpha value is -10.3. The van der Waals surface area contributed by atoms with Crippen LogP contribution in [0.25, 0.3) is 144 Å². The zero-order valence-electron chi connectivity index (χ0n) is 41.1. The van der Waals surface area contributed by atoms with Crippen molar-refractivity contribution in [2.45, 2.75) is 0 Å². The van der Waals surface area contributed by atoms with Gasteiger partial charge in [0.15, 0.2) is 5.82 Å². The van der Waals surface area contributed by atoms with E-state index in [1.807, 2.05) is 6.07 Å². The van der Waals surface area contributed by atoms with Crippen molar-refractivity contribution in [2.75, 3.05) is 0 Å². The molecule has 0 fully saturated rings. The molecule has 0 saturated carbocycles. The summed E-state index contributed by atoms with van der Waals surface area (Å²) < 4.78 is 9.88. The maximum absolute atomic E-state index is 5.55. The van der Waals surface area contributed by atoms with Gasteiger partial charge >= 0.3 is 0 Å². The predicted molar refractivity (Wildman–Crippen MR) is 316 cm³/mol. The first kappa shape index (κ1) is 42.2. The fourth-order valence-corrected chi connectivity index (χ4v) is 12.4. The van der Waals surface area contributed by atoms with Crippen LogP contribution in [0.5, 0.6) is 0 Å². The standard InChI is InChI=1S/C70H44N6/c1-6-22-45(23-7-1)57-44-58(72-70(71-57)46-24-8-2-9-25-46)55-43-64-66(69-65(55)53-33-17-21-37-61(53)76(69)49-30-14-5-15-31-49)54-34-18-20-36-60(54)74(64)50-38-40-62-56(42-50)67-63(73(62)47-26-10-3-11-27-47)41-39-52-51-32-16-19-35-59(51)75(68(52)67)48-28-12-4-13-29-48/h1-44H. The van der Waals surface area contributed by atoms with Crippen LogP contribution in [0.4, 0.5) is 0 Å². The number of rotatable bonds is 7. The molecular formula is C70H44N6. The lowest BCUT2D eigenvalue weighted by Gasteiger charge is -2.14. The minimum Gasteiger partial charge on any atom is -0.309 e. The average Bonchev–Trinajstić information content (AvgIpc) is 4.42. The molecule has 5 heterocycles. The van der Waals surface area contributed by atoms with Gasteiger partial charge in [0.25, 0.3) is 0 Å². The largest absolute Gasteiger partial charge is 0.309 e. The number of hydrogen-bond donors (Lipinski definition) is 0. The first-order valence-corrected chi connectivity index (χ1v) is 25.9. The van der Waals surface area contributed by atoms with Crippen LogP contribution in [0, 0.1) is 0 Å². The molecule has 16 aromatic rings. The van der Waals surface area contributed by atoms with Gasteiger partial charge in [0, 0.05) is 82.5 Å². The lowest BCUT2D eigenvalue weighted by Crippen LogP contribution is -1.99. The van der Waals surface area contributed by atoms with Gasteiger partial charge in [0.1, 0.15) is 0 Å². The summed E-state index contributed by atoms with van der Waals surface area (Å²) in [5.74, 6) is 0.678. The summed E-state index contributed by atoms with van der Waals surface area (Å²) in [6, 6.07) is 96.2. The third kappa shape index (κ3) is 6.22. The summed E-state index contributed by atoms with van der Waals surface area (Å²) in [7, 11) is 0. The van der Waals surface area contributed by atoms with Crippen molar-refractivity contribution >= 4 is 87.2 Å². The molecule has 354 valence electrons. The van der Waals surface area contributed by atoms with Crippen LogP contribution in [-0.2, 0) is 0 Å². The third-order valence-electron chi connectivity index (χ3n) is 15.5. The van der Waals surface area contributed by atoms with Crippen LogP contribution in [0.15, 0.2) is 267 Å². The highest BCUT2D eigenvalue weighted by molar-refractivity contribution is 6.30. The minimum absolute atomic E-state index is 0.678. The lowest BCUT2D eigenvalue weighted by atomic mass is 9.98. The first-order chi connectivity index (χ1) is 37.7. The fourth-order valence-electron chi connectivity index (χ4n) is 12.4. The number of hydrogen-bond acceptors (Lipinski definition) is 2. The zero-order valence-corrected chi connectivity index (χ0v) is 41.1. The van der Waals surface area contributed by atoms with Crippen molar-refractivity contribution in [1.82, 2.24) is 28.2 Å². The Morgan fingerprint density at radius 2 is 0.684 bits per heavy atom. The Morgan fingerprint density at radius 3 is 1.33 bits per heavy atom. The van der Waals surface area contributed by atoms with Gasteiger partial charge < -0.3 is 18.3 Å². The van der Waals surface area contributed by atoms with E-state index in [9.17, 15) is 0 Å². The summed E-state index contributed by atoms with van der Waals surface area (Å²) >= 11 is 0. The molecule has 0 aliphatic carbocycles. The molecule has 0 radical (unpaired) electrons. The van der Waals surface area contributed by atoms with Crippen LogP contribution in [0.3, 0.4) is 0 Å². The van der Waals surface area contributed by atoms with Gasteiger partial charge in [-0.05, 0) is 91.0 Å². The van der Waals surface area contributed by atoms with E-state index in [4.69, 9.17) is 9.97 Å². The second kappa shape index (κ2) is 16.6. The van der Waals surface area contributed by atoms with E-state index in [0.29, 0.717) is 5.82 Å². The maximum atomic E-state index is 5.55. The van der Waals surface area contributed by atoms with Gasteiger partial charge in [-0.15, -0.1) is 0 Å². The number of benzene rings is 11. The van der Waals surface area contributed by atoms with Crippen LogP contribution >= 0.6 is 0 Å². The topological polar surface area (TPSA) is 45.5 Å². The van der Waals surface area contributed by atoms with E-state index in [-0.39, 0.29) is 0 Å². The van der Waals surface area contributed by atoms with E-state index >= 15 is 0 Å². The summed E-state index contributed by atoms with van der Waals surface area (Å²) in [6.45, 7) is 0. The normalized spacial score (nSPS) is 11.9. The molecule has 5 aromatic heterocycles. The molecule has 6 heteroatoms. The molecule has 0 aliphatic rings. The Bertz CT molecular complexity index is 4890. The Morgan fingerprint density at radius 1 is 0.237 bits per heavy atom. The fraction of sp³-hybridized carbons (Fsp3) is 0. The summed E-state index contributed by atoms with van der Waals surface area (Å²) in [5.41, 5.74) is 18.3. The molecule has 6 nitrogen and oxygen atoms in total. The molecule has 76 heavy (non-hydrogen) atoms. The van der Waals surface area contributed by atoms with E-state index in [1.165, 1.54) is 43.4 Å². The Balaban J connectivity index is 1.08. The van der Waals surface area contributed by atoms with Crippen molar-refractivity contribution in [1.29, 1.82) is 0 Å². The minimum atomic E-state index is 0.678. The first-order valence-electron chi connectivity index (χ1n) is 25.9. The Kier molecular flexibility index (Phi) is 9.23.